The van der Waals surface area contributed by atoms with Gasteiger partial charge in [0, 0.05) is 31.6 Å². The van der Waals surface area contributed by atoms with E-state index in [9.17, 15) is 15.3 Å². The van der Waals surface area contributed by atoms with Gasteiger partial charge in [-0.05, 0) is 39.2 Å². The van der Waals surface area contributed by atoms with Gasteiger partial charge in [0.2, 0.25) is 0 Å². The zero-order valence-electron chi connectivity index (χ0n) is 16.8. The minimum absolute atomic E-state index is 0.0133. The van der Waals surface area contributed by atoms with Crippen LogP contribution in [0.4, 0.5) is 10.6 Å². The highest BCUT2D eigenvalue weighted by atomic mass is 32.1. The fraction of sp³-hybridized carbons (Fsp3) is 0.600. The summed E-state index contributed by atoms with van der Waals surface area (Å²) in [5, 5.41) is 19.1. The molecule has 7 nitrogen and oxygen atoms in total. The Bertz CT molecular complexity index is 942. The minimum atomic E-state index is -0.503. The van der Waals surface area contributed by atoms with E-state index in [1.165, 1.54) is 0 Å². The number of hydrogen-bond acceptors (Lipinski definition) is 6. The van der Waals surface area contributed by atoms with Crippen LogP contribution in [0.2, 0.25) is 0 Å². The van der Waals surface area contributed by atoms with E-state index in [0.717, 1.165) is 19.5 Å². The normalized spacial score (nSPS) is 17.8. The van der Waals surface area contributed by atoms with E-state index in [1.807, 2.05) is 27.7 Å². The van der Waals surface area contributed by atoms with E-state index < -0.39 is 5.60 Å². The van der Waals surface area contributed by atoms with Crippen molar-refractivity contribution in [2.75, 3.05) is 31.1 Å². The van der Waals surface area contributed by atoms with Gasteiger partial charge in [0.25, 0.3) is 0 Å². The molecule has 1 aromatic rings. The number of amides is 1. The number of carbonyl (C=O) groups excluding carboxylic acids is 1. The minimum Gasteiger partial charge on any atom is -0.444 e. The number of H-pyrrole nitrogens is 1. The number of likely N-dealkylation sites (tertiary alicyclic amines) is 1. The molecule has 0 saturated carbocycles. The zero-order chi connectivity index (χ0) is 20.7. The number of pyridine rings is 1. The molecular formula is C20H25N5O2S. The van der Waals surface area contributed by atoms with E-state index in [1.54, 1.807) is 4.90 Å². The predicted octanol–water partition coefficient (Wildman–Crippen LogP) is 3.50. The SMILES string of the molecule is CCc1c(C#N)c(N2CCC3(CN(C(=O)OC(C)(C)C)C3)C2)[nH]c(=S)c1C#N. The number of anilines is 1. The molecule has 0 bridgehead atoms. The van der Waals surface area contributed by atoms with Crippen molar-refractivity contribution in [2.24, 2.45) is 5.41 Å². The summed E-state index contributed by atoms with van der Waals surface area (Å²) in [4.78, 5) is 19.2. The fourth-order valence-electron chi connectivity index (χ4n) is 4.07. The molecule has 0 radical (unpaired) electrons. The summed E-state index contributed by atoms with van der Waals surface area (Å²) >= 11 is 5.35. The van der Waals surface area contributed by atoms with Crippen LogP contribution in [-0.2, 0) is 11.2 Å². The molecule has 28 heavy (non-hydrogen) atoms. The fourth-order valence-corrected chi connectivity index (χ4v) is 4.34. The van der Waals surface area contributed by atoms with Crippen LogP contribution in [0.3, 0.4) is 0 Å². The monoisotopic (exact) mass is 399 g/mol. The Morgan fingerprint density at radius 2 is 1.89 bits per heavy atom. The first-order valence-corrected chi connectivity index (χ1v) is 9.86. The molecule has 3 rings (SSSR count). The number of nitriles is 2. The molecule has 0 atom stereocenters. The maximum absolute atomic E-state index is 12.2. The lowest BCUT2D eigenvalue weighted by molar-refractivity contribution is -0.0266. The predicted molar refractivity (Wildman–Crippen MR) is 108 cm³/mol. The van der Waals surface area contributed by atoms with Crippen molar-refractivity contribution in [3.8, 4) is 12.1 Å². The van der Waals surface area contributed by atoms with Gasteiger partial charge in [0.1, 0.15) is 28.2 Å². The van der Waals surface area contributed by atoms with Crippen molar-refractivity contribution >= 4 is 24.1 Å². The molecule has 2 aliphatic heterocycles. The van der Waals surface area contributed by atoms with E-state index in [2.05, 4.69) is 22.0 Å². The number of hydrogen-bond donors (Lipinski definition) is 1. The van der Waals surface area contributed by atoms with Crippen LogP contribution >= 0.6 is 12.2 Å². The van der Waals surface area contributed by atoms with Crippen LogP contribution in [0.25, 0.3) is 0 Å². The molecule has 1 amide bonds. The first-order chi connectivity index (χ1) is 13.1. The van der Waals surface area contributed by atoms with Gasteiger partial charge in [0.05, 0.1) is 11.1 Å². The molecule has 2 fully saturated rings. The first kappa shape index (κ1) is 20.2. The van der Waals surface area contributed by atoms with Crippen LogP contribution < -0.4 is 4.90 Å². The second-order valence-electron chi connectivity index (χ2n) is 8.62. The number of carbonyl (C=O) groups is 1. The highest BCUT2D eigenvalue weighted by Crippen LogP contribution is 2.42. The molecule has 8 heteroatoms. The van der Waals surface area contributed by atoms with E-state index in [0.29, 0.717) is 46.7 Å². The molecule has 1 spiro atoms. The van der Waals surface area contributed by atoms with Crippen LogP contribution in [0.5, 0.6) is 0 Å². The highest BCUT2D eigenvalue weighted by molar-refractivity contribution is 7.71. The van der Waals surface area contributed by atoms with Gasteiger partial charge in [0.15, 0.2) is 0 Å². The molecular weight excluding hydrogens is 374 g/mol. The summed E-state index contributed by atoms with van der Waals surface area (Å²) in [5.41, 5.74) is 1.09. The molecule has 2 aliphatic rings. The second kappa shape index (κ2) is 7.10. The zero-order valence-corrected chi connectivity index (χ0v) is 17.6. The Hall–Kier alpha value is -2.58. The number of rotatable bonds is 2. The van der Waals surface area contributed by atoms with Gasteiger partial charge in [-0.1, -0.05) is 19.1 Å². The lowest BCUT2D eigenvalue weighted by atomic mass is 9.79. The molecule has 0 aliphatic carbocycles. The highest BCUT2D eigenvalue weighted by Gasteiger charge is 2.50. The quantitative estimate of drug-likeness (QED) is 0.765. The van der Waals surface area contributed by atoms with Crippen LogP contribution in [0.1, 0.15) is 50.8 Å². The van der Waals surface area contributed by atoms with E-state index in [-0.39, 0.29) is 11.5 Å². The smallest absolute Gasteiger partial charge is 0.410 e. The summed E-state index contributed by atoms with van der Waals surface area (Å²) in [7, 11) is 0. The Kier molecular flexibility index (Phi) is 5.12. The third-order valence-electron chi connectivity index (χ3n) is 5.34. The maximum Gasteiger partial charge on any atom is 0.410 e. The Morgan fingerprint density at radius 1 is 1.25 bits per heavy atom. The molecule has 1 aromatic heterocycles. The average Bonchev–Trinajstić information content (AvgIpc) is 3.03. The summed E-state index contributed by atoms with van der Waals surface area (Å²) < 4.78 is 5.82. The van der Waals surface area contributed by atoms with Crippen LogP contribution in [-0.4, -0.2) is 47.8 Å². The molecule has 148 valence electrons. The number of nitrogens with one attached hydrogen (secondary N) is 1. The van der Waals surface area contributed by atoms with Gasteiger partial charge in [-0.3, -0.25) is 0 Å². The Morgan fingerprint density at radius 3 is 2.43 bits per heavy atom. The van der Waals surface area contributed by atoms with Gasteiger partial charge < -0.3 is 19.5 Å². The van der Waals surface area contributed by atoms with E-state index >= 15 is 0 Å². The van der Waals surface area contributed by atoms with Gasteiger partial charge in [-0.15, -0.1) is 0 Å². The maximum atomic E-state index is 12.2. The van der Waals surface area contributed by atoms with Crippen LogP contribution in [0.15, 0.2) is 0 Å². The van der Waals surface area contributed by atoms with Crippen molar-refractivity contribution in [1.29, 1.82) is 10.5 Å². The Balaban J connectivity index is 1.78. The molecule has 0 unspecified atom stereocenters. The van der Waals surface area contributed by atoms with Crippen LogP contribution in [0, 0.1) is 32.7 Å². The Labute approximate surface area is 170 Å². The summed E-state index contributed by atoms with van der Waals surface area (Å²) in [6.07, 6.45) is 1.22. The molecule has 0 aromatic carbocycles. The van der Waals surface area contributed by atoms with Crippen molar-refractivity contribution in [3.63, 3.8) is 0 Å². The van der Waals surface area contributed by atoms with Crippen molar-refractivity contribution in [3.05, 3.63) is 21.3 Å². The molecule has 1 N–H and O–H groups in total. The van der Waals surface area contributed by atoms with Crippen molar-refractivity contribution < 1.29 is 9.53 Å². The summed E-state index contributed by atoms with van der Waals surface area (Å²) in [5.74, 6) is 0.691. The van der Waals surface area contributed by atoms with Gasteiger partial charge in [-0.2, -0.15) is 10.5 Å². The number of aromatic nitrogens is 1. The molecule has 3 heterocycles. The standard InChI is InChI=1S/C20H25N5O2S/c1-5-13-14(8-21)16(23-17(28)15(13)9-22)24-7-6-20(10-24)11-25(12-20)18(26)27-19(2,3)4/h5-7,10-12H2,1-4H3,(H,23,28). The third-order valence-corrected chi connectivity index (χ3v) is 5.64. The lowest BCUT2D eigenvalue weighted by Gasteiger charge is -2.47. The van der Waals surface area contributed by atoms with Gasteiger partial charge >= 0.3 is 6.09 Å². The van der Waals surface area contributed by atoms with E-state index in [4.69, 9.17) is 17.0 Å². The average molecular weight is 400 g/mol. The summed E-state index contributed by atoms with van der Waals surface area (Å²) in [6.45, 7) is 10.3. The lowest BCUT2D eigenvalue weighted by Crippen LogP contribution is -2.60. The number of aromatic amines is 1. The van der Waals surface area contributed by atoms with Crippen molar-refractivity contribution in [2.45, 2.75) is 46.1 Å². The largest absolute Gasteiger partial charge is 0.444 e. The molecule has 2 saturated heterocycles. The third kappa shape index (κ3) is 3.57. The topological polar surface area (TPSA) is 96.2 Å². The van der Waals surface area contributed by atoms with Gasteiger partial charge in [-0.25, -0.2) is 4.79 Å². The first-order valence-electron chi connectivity index (χ1n) is 9.45. The second-order valence-corrected chi connectivity index (χ2v) is 9.02. The number of nitrogens with zero attached hydrogens (tertiary/aromatic N) is 4. The summed E-state index contributed by atoms with van der Waals surface area (Å²) in [6, 6.07) is 4.37. The van der Waals surface area contributed by atoms with Crippen molar-refractivity contribution in [1.82, 2.24) is 9.88 Å². The number of ether oxygens (including phenoxy) is 1.